The predicted molar refractivity (Wildman–Crippen MR) is 65.1 cm³/mol. The van der Waals surface area contributed by atoms with E-state index in [2.05, 4.69) is 10.6 Å². The largest absolute Gasteiger partial charge is 0.481 e. The first-order valence-corrected chi connectivity index (χ1v) is 6.23. The topological polar surface area (TPSA) is 113 Å². The Hall–Kier alpha value is -1.92. The van der Waals surface area contributed by atoms with Crippen molar-refractivity contribution in [3.05, 3.63) is 0 Å². The standard InChI is InChI=1S/C12H18N2O5/c1-3-4-7(2)12(6-5-8(15)16)9(17)13-11(19)14-10(12)18/h7H,3-6H2,1-2H3,(H,15,16)(H2,13,14,17,18,19). The second-order valence-electron chi connectivity index (χ2n) is 4.79. The third-order valence-corrected chi connectivity index (χ3v) is 3.56. The summed E-state index contributed by atoms with van der Waals surface area (Å²) in [6.07, 6.45) is 0.927. The molecule has 0 aromatic heterocycles. The lowest BCUT2D eigenvalue weighted by Gasteiger charge is -2.38. The minimum atomic E-state index is -1.48. The van der Waals surface area contributed by atoms with Crippen molar-refractivity contribution in [3.8, 4) is 0 Å². The minimum absolute atomic E-state index is 0.117. The van der Waals surface area contributed by atoms with E-state index in [-0.39, 0.29) is 18.8 Å². The summed E-state index contributed by atoms with van der Waals surface area (Å²) in [5, 5.41) is 12.9. The van der Waals surface area contributed by atoms with Crippen molar-refractivity contribution in [1.29, 1.82) is 0 Å². The van der Waals surface area contributed by atoms with Gasteiger partial charge in [0.15, 0.2) is 0 Å². The molecule has 1 fully saturated rings. The first kappa shape index (κ1) is 15.1. The van der Waals surface area contributed by atoms with Crippen LogP contribution >= 0.6 is 0 Å². The van der Waals surface area contributed by atoms with Crippen LogP contribution in [0.15, 0.2) is 0 Å². The maximum absolute atomic E-state index is 12.1. The van der Waals surface area contributed by atoms with Gasteiger partial charge in [0.2, 0.25) is 11.8 Å². The summed E-state index contributed by atoms with van der Waals surface area (Å²) in [6, 6.07) is -0.857. The third-order valence-electron chi connectivity index (χ3n) is 3.56. The highest BCUT2D eigenvalue weighted by molar-refractivity contribution is 6.19. The van der Waals surface area contributed by atoms with Crippen molar-refractivity contribution in [2.45, 2.75) is 39.5 Å². The lowest BCUT2D eigenvalue weighted by atomic mass is 9.69. The van der Waals surface area contributed by atoms with Gasteiger partial charge < -0.3 is 5.11 Å². The zero-order valence-electron chi connectivity index (χ0n) is 11.0. The van der Waals surface area contributed by atoms with Crippen molar-refractivity contribution >= 4 is 23.8 Å². The molecule has 1 saturated heterocycles. The predicted octanol–water partition coefficient (Wildman–Crippen LogP) is 0.640. The number of carbonyl (C=O) groups excluding carboxylic acids is 3. The van der Waals surface area contributed by atoms with Gasteiger partial charge in [0.1, 0.15) is 5.41 Å². The van der Waals surface area contributed by atoms with E-state index < -0.39 is 29.2 Å². The molecule has 1 unspecified atom stereocenters. The summed E-state index contributed by atoms with van der Waals surface area (Å²) in [5.41, 5.74) is -1.48. The maximum atomic E-state index is 12.1. The normalized spacial score (nSPS) is 19.6. The number of carboxylic acids is 1. The number of rotatable bonds is 6. The minimum Gasteiger partial charge on any atom is -0.481 e. The summed E-state index contributed by atoms with van der Waals surface area (Å²) in [6.45, 7) is 3.63. The molecular formula is C12H18N2O5. The van der Waals surface area contributed by atoms with Gasteiger partial charge in [-0.1, -0.05) is 20.3 Å². The van der Waals surface area contributed by atoms with Crippen LogP contribution in [0.1, 0.15) is 39.5 Å². The molecule has 1 aliphatic heterocycles. The molecule has 7 nitrogen and oxygen atoms in total. The Bertz CT molecular complexity index is 398. The van der Waals surface area contributed by atoms with Gasteiger partial charge in [0, 0.05) is 6.42 Å². The fraction of sp³-hybridized carbons (Fsp3) is 0.667. The highest BCUT2D eigenvalue weighted by Gasteiger charge is 2.53. The molecule has 4 amide bonds. The summed E-state index contributed by atoms with van der Waals surface area (Å²) in [7, 11) is 0. The molecule has 0 saturated carbocycles. The van der Waals surface area contributed by atoms with Gasteiger partial charge in [-0.25, -0.2) is 4.79 Å². The lowest BCUT2D eigenvalue weighted by Crippen LogP contribution is -2.64. The molecule has 19 heavy (non-hydrogen) atoms. The van der Waals surface area contributed by atoms with E-state index in [1.165, 1.54) is 0 Å². The van der Waals surface area contributed by atoms with Crippen LogP contribution in [-0.2, 0) is 14.4 Å². The lowest BCUT2D eigenvalue weighted by molar-refractivity contribution is -0.150. The Morgan fingerprint density at radius 3 is 2.21 bits per heavy atom. The number of nitrogens with one attached hydrogen (secondary N) is 2. The van der Waals surface area contributed by atoms with Gasteiger partial charge in [-0.15, -0.1) is 0 Å². The molecule has 1 rings (SSSR count). The van der Waals surface area contributed by atoms with Crippen LogP contribution in [-0.4, -0.2) is 28.9 Å². The van der Waals surface area contributed by atoms with Gasteiger partial charge in [-0.2, -0.15) is 0 Å². The van der Waals surface area contributed by atoms with Crippen molar-refractivity contribution < 1.29 is 24.3 Å². The van der Waals surface area contributed by atoms with Crippen LogP contribution in [0, 0.1) is 11.3 Å². The highest BCUT2D eigenvalue weighted by Crippen LogP contribution is 2.38. The van der Waals surface area contributed by atoms with E-state index in [9.17, 15) is 19.2 Å². The van der Waals surface area contributed by atoms with Crippen molar-refractivity contribution in [2.24, 2.45) is 11.3 Å². The monoisotopic (exact) mass is 270 g/mol. The molecular weight excluding hydrogens is 252 g/mol. The van der Waals surface area contributed by atoms with E-state index in [0.29, 0.717) is 6.42 Å². The van der Waals surface area contributed by atoms with E-state index in [1.807, 2.05) is 6.92 Å². The summed E-state index contributed by atoms with van der Waals surface area (Å²) >= 11 is 0. The molecule has 0 aromatic rings. The second kappa shape index (κ2) is 5.81. The Balaban J connectivity index is 3.08. The number of imide groups is 2. The van der Waals surface area contributed by atoms with Crippen molar-refractivity contribution in [3.63, 3.8) is 0 Å². The molecule has 1 heterocycles. The Labute approximate surface area is 110 Å². The van der Waals surface area contributed by atoms with E-state index in [4.69, 9.17) is 5.11 Å². The number of hydrogen-bond donors (Lipinski definition) is 3. The second-order valence-corrected chi connectivity index (χ2v) is 4.79. The van der Waals surface area contributed by atoms with E-state index in [1.54, 1.807) is 6.92 Å². The van der Waals surface area contributed by atoms with Gasteiger partial charge >= 0.3 is 12.0 Å². The van der Waals surface area contributed by atoms with Crippen LogP contribution in [0.4, 0.5) is 4.79 Å². The number of aliphatic carboxylic acids is 1. The van der Waals surface area contributed by atoms with Gasteiger partial charge in [0.05, 0.1) is 0 Å². The SMILES string of the molecule is CCCC(C)C1(CCC(=O)O)C(=O)NC(=O)NC1=O. The van der Waals surface area contributed by atoms with Crippen LogP contribution in [0.25, 0.3) is 0 Å². The Morgan fingerprint density at radius 1 is 1.26 bits per heavy atom. The number of hydrogen-bond acceptors (Lipinski definition) is 4. The van der Waals surface area contributed by atoms with E-state index in [0.717, 1.165) is 6.42 Å². The maximum Gasteiger partial charge on any atom is 0.328 e. The number of amides is 4. The van der Waals surface area contributed by atoms with Gasteiger partial charge in [-0.05, 0) is 18.8 Å². The van der Waals surface area contributed by atoms with Crippen LogP contribution < -0.4 is 10.6 Å². The molecule has 0 radical (unpaired) electrons. The molecule has 1 atom stereocenters. The first-order chi connectivity index (χ1) is 8.84. The molecule has 1 aliphatic rings. The molecule has 0 bridgehead atoms. The molecule has 7 heteroatoms. The average Bonchev–Trinajstić information content (AvgIpc) is 2.28. The molecule has 0 spiro atoms. The Kier molecular flexibility index (Phi) is 4.63. The number of carboxylic acid groups (broad SMARTS) is 1. The smallest absolute Gasteiger partial charge is 0.328 e. The molecule has 0 aliphatic carbocycles. The quantitative estimate of drug-likeness (QED) is 0.613. The van der Waals surface area contributed by atoms with Crippen molar-refractivity contribution in [1.82, 2.24) is 10.6 Å². The fourth-order valence-electron chi connectivity index (χ4n) is 2.47. The van der Waals surface area contributed by atoms with E-state index >= 15 is 0 Å². The fourth-order valence-corrected chi connectivity index (χ4v) is 2.47. The summed E-state index contributed by atoms with van der Waals surface area (Å²) < 4.78 is 0. The molecule has 0 aromatic carbocycles. The first-order valence-electron chi connectivity index (χ1n) is 6.23. The molecule has 106 valence electrons. The summed E-state index contributed by atoms with van der Waals surface area (Å²) in [5.74, 6) is -2.84. The highest BCUT2D eigenvalue weighted by atomic mass is 16.4. The van der Waals surface area contributed by atoms with Crippen LogP contribution in [0.5, 0.6) is 0 Å². The zero-order valence-corrected chi connectivity index (χ0v) is 11.0. The number of carbonyl (C=O) groups is 4. The third kappa shape index (κ3) is 2.91. The van der Waals surface area contributed by atoms with Gasteiger partial charge in [-0.3, -0.25) is 25.0 Å². The summed E-state index contributed by atoms with van der Waals surface area (Å²) in [4.78, 5) is 46.0. The van der Waals surface area contributed by atoms with Crippen LogP contribution in [0.3, 0.4) is 0 Å². The van der Waals surface area contributed by atoms with Crippen molar-refractivity contribution in [2.75, 3.05) is 0 Å². The molecule has 3 N–H and O–H groups in total. The zero-order chi connectivity index (χ0) is 14.6. The van der Waals surface area contributed by atoms with Crippen LogP contribution in [0.2, 0.25) is 0 Å². The number of barbiturate groups is 1. The average molecular weight is 270 g/mol. The number of urea groups is 1. The Morgan fingerprint density at radius 2 is 1.79 bits per heavy atom. The van der Waals surface area contributed by atoms with Gasteiger partial charge in [0.25, 0.3) is 0 Å².